The van der Waals surface area contributed by atoms with Gasteiger partial charge in [0.25, 0.3) is 0 Å². The first-order chi connectivity index (χ1) is 26.6. The molecule has 0 saturated carbocycles. The Morgan fingerprint density at radius 3 is 1.18 bits per heavy atom. The molecule has 0 aromatic heterocycles. The summed E-state index contributed by atoms with van der Waals surface area (Å²) in [7, 11) is 13.4. The minimum absolute atomic E-state index is 0.626. The topological polar surface area (TPSA) is 3.24 Å². The summed E-state index contributed by atoms with van der Waals surface area (Å²) < 4.78 is 2.15. The van der Waals surface area contributed by atoms with E-state index in [4.69, 9.17) is 25.0 Å². The van der Waals surface area contributed by atoms with Gasteiger partial charge in [-0.1, -0.05) is 127 Å². The van der Waals surface area contributed by atoms with Crippen molar-refractivity contribution in [2.75, 3.05) is 0 Å². The number of halogens is 2. The molecule has 6 aromatic carbocycles. The van der Waals surface area contributed by atoms with Gasteiger partial charge in [-0.05, 0) is 97.9 Å². The van der Waals surface area contributed by atoms with Crippen LogP contribution in [0.5, 0.6) is 0 Å². The summed E-state index contributed by atoms with van der Waals surface area (Å²) in [6.07, 6.45) is 2.38. The van der Waals surface area contributed by atoms with Crippen LogP contribution in [0, 0.1) is 41.5 Å². The molecule has 0 bridgehead atoms. The number of benzene rings is 4. The molecule has 2 unspecified atom stereocenters. The van der Waals surface area contributed by atoms with Crippen LogP contribution in [0.1, 0.15) is 96.9 Å². The predicted molar refractivity (Wildman–Crippen MR) is 262 cm³/mol. The number of nitrogens with zero attached hydrogens (tertiary/aromatic N) is 1. The average Bonchev–Trinajstić information content (AvgIpc) is 3.81. The van der Waals surface area contributed by atoms with Crippen molar-refractivity contribution in [1.82, 2.24) is 4.14 Å². The predicted octanol–water partition coefficient (Wildman–Crippen LogP) is 16.7. The zero-order chi connectivity index (χ0) is 43.0. The minimum atomic E-state index is -1.22. The summed E-state index contributed by atoms with van der Waals surface area (Å²) in [5.41, 5.74) is 16.8. The van der Waals surface area contributed by atoms with E-state index in [-0.39, 0.29) is 0 Å². The second kappa shape index (κ2) is 21.5. The molecule has 0 fully saturated rings. The van der Waals surface area contributed by atoms with Gasteiger partial charge in [0.05, 0.1) is 0 Å². The first kappa shape index (κ1) is 49.4. The maximum atomic E-state index is 5.98. The van der Waals surface area contributed by atoms with Crippen LogP contribution < -0.4 is 0 Å². The van der Waals surface area contributed by atoms with E-state index in [2.05, 4.69) is 198 Å². The van der Waals surface area contributed by atoms with Crippen molar-refractivity contribution in [3.05, 3.63) is 129 Å². The molecule has 6 rings (SSSR count). The van der Waals surface area contributed by atoms with E-state index in [9.17, 15) is 0 Å². The van der Waals surface area contributed by atoms with E-state index in [1.165, 1.54) is 101 Å². The molecule has 2 radical (unpaired) electrons. The fourth-order valence-electron chi connectivity index (χ4n) is 7.53. The molecule has 57 heavy (non-hydrogen) atoms. The van der Waals surface area contributed by atoms with Crippen LogP contribution in [0.2, 0.25) is 39.3 Å². The quantitative estimate of drug-likeness (QED) is 0.109. The Balaban J connectivity index is 0.000000236. The Labute approximate surface area is 370 Å². The third-order valence-corrected chi connectivity index (χ3v) is 19.0. The van der Waals surface area contributed by atoms with Crippen molar-refractivity contribution in [3.8, 4) is 22.3 Å². The maximum absolute atomic E-state index is 5.98. The van der Waals surface area contributed by atoms with Crippen LogP contribution in [0.4, 0.5) is 0 Å². The van der Waals surface area contributed by atoms with Crippen molar-refractivity contribution in [1.29, 1.82) is 0 Å². The number of aryl methyl sites for hydroxylation is 2. The molecule has 302 valence electrons. The van der Waals surface area contributed by atoms with Gasteiger partial charge in [-0.2, -0.15) is 12.1 Å². The number of rotatable bonds is 8. The van der Waals surface area contributed by atoms with Gasteiger partial charge in [-0.25, -0.2) is 0 Å². The molecule has 0 aliphatic rings. The Bertz CT molecular complexity index is 2070. The number of hydrogen-bond donors (Lipinski definition) is 0. The van der Waals surface area contributed by atoms with Crippen LogP contribution in [0.15, 0.2) is 84.9 Å². The fourth-order valence-corrected chi connectivity index (χ4v) is 15.6. The monoisotopic (exact) mass is 909 g/mol. The molecular weight excluding hydrogens is 844 g/mol. The van der Waals surface area contributed by atoms with Crippen molar-refractivity contribution >= 4 is 63.0 Å². The second-order valence-corrected chi connectivity index (χ2v) is 31.8. The summed E-state index contributed by atoms with van der Waals surface area (Å²) >= 11 is -0.826. The third kappa shape index (κ3) is 12.5. The summed E-state index contributed by atoms with van der Waals surface area (Å²) in [5, 5.41) is 5.52. The van der Waals surface area contributed by atoms with E-state index in [0.717, 1.165) is 0 Å². The molecule has 0 spiro atoms. The average molecular weight is 912 g/mol. The van der Waals surface area contributed by atoms with Gasteiger partial charge in [-0.3, -0.25) is 0 Å². The molecule has 6 aromatic rings. The molecule has 0 N–H and O–H groups in total. The van der Waals surface area contributed by atoms with Gasteiger partial charge >= 0.3 is 37.9 Å². The molecule has 7 heteroatoms. The van der Waals surface area contributed by atoms with Crippen molar-refractivity contribution in [2.45, 2.75) is 133 Å². The summed E-state index contributed by atoms with van der Waals surface area (Å²) in [6.45, 7) is 36.2. The first-order valence-corrected chi connectivity index (χ1v) is 33.9. The molecule has 0 heterocycles. The van der Waals surface area contributed by atoms with Crippen molar-refractivity contribution in [2.24, 2.45) is 0 Å². The number of fused-ring (bicyclic) bond motifs is 2. The summed E-state index contributed by atoms with van der Waals surface area (Å²) in [6, 6.07) is 31.9. The Morgan fingerprint density at radius 1 is 0.561 bits per heavy atom. The van der Waals surface area contributed by atoms with Gasteiger partial charge in [0, 0.05) is 0 Å². The van der Waals surface area contributed by atoms with Crippen molar-refractivity contribution in [3.63, 3.8) is 0 Å². The summed E-state index contributed by atoms with van der Waals surface area (Å²) in [5.74, 6) is 1.25. The van der Waals surface area contributed by atoms with E-state index in [1.54, 1.807) is 0 Å². The molecule has 0 amide bonds. The van der Waals surface area contributed by atoms with E-state index in [1.807, 2.05) is 0 Å². The fraction of sp³-hybridized carbons (Fsp3) is 0.400. The molecule has 0 aliphatic carbocycles. The first-order valence-electron chi connectivity index (χ1n) is 20.7. The second-order valence-electron chi connectivity index (χ2n) is 18.0. The van der Waals surface area contributed by atoms with Crippen LogP contribution >= 0.6 is 17.0 Å². The van der Waals surface area contributed by atoms with Gasteiger partial charge in [0.2, 0.25) is 0 Å². The molecule has 2 atom stereocenters. The van der Waals surface area contributed by atoms with E-state index >= 15 is 0 Å². The van der Waals surface area contributed by atoms with Gasteiger partial charge < -0.3 is 4.14 Å². The molecule has 1 nitrogen and oxygen atoms in total. The Morgan fingerprint density at radius 2 is 0.895 bits per heavy atom. The van der Waals surface area contributed by atoms with Gasteiger partial charge in [0.15, 0.2) is 7.98 Å². The van der Waals surface area contributed by atoms with Gasteiger partial charge in [-0.15, -0.1) is 69.1 Å². The summed E-state index contributed by atoms with van der Waals surface area (Å²) in [4.78, 5) is 0. The zero-order valence-corrected chi connectivity index (χ0v) is 43.9. The number of hydrogen-bond acceptors (Lipinski definition) is 1. The Kier molecular flexibility index (Phi) is 18.6. The van der Waals surface area contributed by atoms with Crippen LogP contribution in [-0.4, -0.2) is 28.6 Å². The zero-order valence-electron chi connectivity index (χ0n) is 37.9. The van der Waals surface area contributed by atoms with Crippen LogP contribution in [0.25, 0.3) is 43.8 Å². The van der Waals surface area contributed by atoms with Crippen molar-refractivity contribution < 1.29 is 20.8 Å². The van der Waals surface area contributed by atoms with E-state index < -0.39 is 37.3 Å². The normalized spacial score (nSPS) is 12.5. The van der Waals surface area contributed by atoms with Gasteiger partial charge in [0.1, 0.15) is 16.5 Å². The molecule has 0 aliphatic heterocycles. The standard InChI is InChI=1S/2C22H25.C6H18BNSi2.2ClH.Zr/c2*1-6-14(2)19-12-18-8-7-9-21(22(18)13-19)20-11-10-15(3)16(4)17(20)5;1-9(2,3)8(7)10(4,5)6;;;/h2*7-14H,6H2,1-5H3;1-6H3;2*1H;/q2*-1;;;;+4/p-2. The molecule has 0 saturated heterocycles. The third-order valence-electron chi connectivity index (χ3n) is 12.1. The SMILES string of the molecule is CCC(C)c1cc2c(-c3ccc(C)c(C)c3C)cccc2[cH-]1.CCC(C)c1cc2c(-c3ccc(C)c(C)c3C)cccc2[cH-]1.[B]N([Si](C)(C)C)[Si](C)(C)C.[Cl][Zr+2][Cl]. The van der Waals surface area contributed by atoms with Crippen LogP contribution in [0.3, 0.4) is 0 Å². The molecular formula is C50H68BCl2NSi2Zr. The van der Waals surface area contributed by atoms with Crippen LogP contribution in [-0.2, 0) is 20.8 Å². The van der Waals surface area contributed by atoms with E-state index in [0.29, 0.717) is 11.8 Å². The Hall–Kier alpha value is -1.98.